The molecule has 0 saturated heterocycles. The highest BCUT2D eigenvalue weighted by atomic mass is 16.5. The summed E-state index contributed by atoms with van der Waals surface area (Å²) in [7, 11) is 0. The average molecular weight is 384 g/mol. The Bertz CT molecular complexity index is 858. The lowest BCUT2D eigenvalue weighted by molar-refractivity contribution is -0.130. The highest BCUT2D eigenvalue weighted by Gasteiger charge is 2.29. The van der Waals surface area contributed by atoms with Gasteiger partial charge in [-0.05, 0) is 44.9 Å². The third-order valence-electron chi connectivity index (χ3n) is 4.39. The number of carbonyl (C=O) groups excluding carboxylic acids is 3. The average Bonchev–Trinajstić information content (AvgIpc) is 3.45. The maximum absolute atomic E-state index is 12.6. The topological polar surface area (TPSA) is 102 Å². The number of para-hydroxylation sites is 1. The fourth-order valence-corrected chi connectivity index (χ4v) is 2.77. The van der Waals surface area contributed by atoms with Gasteiger partial charge in [0.25, 0.3) is 5.91 Å². The van der Waals surface area contributed by atoms with Gasteiger partial charge in [0.15, 0.2) is 12.3 Å². The van der Waals surface area contributed by atoms with Crippen molar-refractivity contribution in [2.45, 2.75) is 38.6 Å². The van der Waals surface area contributed by atoms with Gasteiger partial charge in [0, 0.05) is 12.5 Å². The number of benzene rings is 1. The minimum atomic E-state index is -0.706. The number of nitrogens with one attached hydrogen (secondary N) is 2. The van der Waals surface area contributed by atoms with Crippen LogP contribution in [0.3, 0.4) is 0 Å². The Labute approximate surface area is 163 Å². The van der Waals surface area contributed by atoms with E-state index in [1.54, 1.807) is 24.6 Å². The number of ether oxygens (including phenoxy) is 1. The Kier molecular flexibility index (Phi) is 6.08. The number of esters is 1. The lowest BCUT2D eigenvalue weighted by atomic mass is 10.2. The molecule has 1 atom stereocenters. The number of carbonyl (C=O) groups is 3. The molecule has 1 saturated carbocycles. The maximum atomic E-state index is 12.6. The van der Waals surface area contributed by atoms with Crippen LogP contribution in [0.1, 0.15) is 48.8 Å². The van der Waals surface area contributed by atoms with Crippen molar-refractivity contribution in [3.8, 4) is 5.69 Å². The van der Waals surface area contributed by atoms with E-state index in [4.69, 9.17) is 4.74 Å². The molecular weight excluding hydrogens is 360 g/mol. The zero-order valence-electron chi connectivity index (χ0n) is 16.0. The largest absolute Gasteiger partial charge is 0.451 e. The van der Waals surface area contributed by atoms with E-state index in [-0.39, 0.29) is 11.6 Å². The van der Waals surface area contributed by atoms with E-state index < -0.39 is 24.5 Å². The summed E-state index contributed by atoms with van der Waals surface area (Å²) in [6.45, 7) is 3.36. The molecule has 148 valence electrons. The maximum Gasteiger partial charge on any atom is 0.357 e. The SMILES string of the molecule is CCNC(=O)[C@H](C)NC(=O)COC(=O)c1cc(C2CC2)nn1-c1ccccc1. The van der Waals surface area contributed by atoms with E-state index in [1.807, 2.05) is 30.3 Å². The quantitative estimate of drug-likeness (QED) is 0.672. The molecule has 0 radical (unpaired) electrons. The third kappa shape index (κ3) is 4.76. The van der Waals surface area contributed by atoms with Crippen molar-refractivity contribution in [1.29, 1.82) is 0 Å². The first-order valence-electron chi connectivity index (χ1n) is 9.39. The summed E-state index contributed by atoms with van der Waals surface area (Å²) in [5, 5.41) is 9.66. The van der Waals surface area contributed by atoms with Gasteiger partial charge in [-0.3, -0.25) is 9.59 Å². The van der Waals surface area contributed by atoms with Crippen LogP contribution in [0.5, 0.6) is 0 Å². The first-order valence-corrected chi connectivity index (χ1v) is 9.39. The second kappa shape index (κ2) is 8.69. The minimum absolute atomic E-state index is 0.276. The number of amides is 2. The summed E-state index contributed by atoms with van der Waals surface area (Å²) in [6.07, 6.45) is 2.11. The van der Waals surface area contributed by atoms with Gasteiger partial charge in [-0.15, -0.1) is 0 Å². The standard InChI is InChI=1S/C20H24N4O4/c1-3-21-19(26)13(2)22-18(25)12-28-20(27)17-11-16(14-9-10-14)23-24(17)15-7-5-4-6-8-15/h4-8,11,13-14H,3,9-10,12H2,1-2H3,(H,21,26)(H,22,25)/t13-/m0/s1. The van der Waals surface area contributed by atoms with Crippen LogP contribution in [0, 0.1) is 0 Å². The minimum Gasteiger partial charge on any atom is -0.451 e. The number of hydrogen-bond donors (Lipinski definition) is 2. The van der Waals surface area contributed by atoms with Gasteiger partial charge in [0.1, 0.15) is 6.04 Å². The number of rotatable bonds is 8. The highest BCUT2D eigenvalue weighted by Crippen LogP contribution is 2.39. The van der Waals surface area contributed by atoms with Crippen molar-refractivity contribution in [2.24, 2.45) is 0 Å². The molecule has 8 nitrogen and oxygen atoms in total. The molecule has 28 heavy (non-hydrogen) atoms. The molecule has 8 heteroatoms. The molecule has 1 aliphatic rings. The lowest BCUT2D eigenvalue weighted by Gasteiger charge is -2.13. The molecule has 2 N–H and O–H groups in total. The molecule has 3 rings (SSSR count). The Balaban J connectivity index is 1.65. The van der Waals surface area contributed by atoms with Crippen molar-refractivity contribution < 1.29 is 19.1 Å². The van der Waals surface area contributed by atoms with Gasteiger partial charge in [-0.25, -0.2) is 9.48 Å². The summed E-state index contributed by atoms with van der Waals surface area (Å²) in [5.41, 5.74) is 1.87. The van der Waals surface area contributed by atoms with Gasteiger partial charge in [-0.2, -0.15) is 5.10 Å². The highest BCUT2D eigenvalue weighted by molar-refractivity contribution is 5.92. The summed E-state index contributed by atoms with van der Waals surface area (Å²) >= 11 is 0. The van der Waals surface area contributed by atoms with Crippen LogP contribution in [0.4, 0.5) is 0 Å². The van der Waals surface area contributed by atoms with Crippen LogP contribution in [0.2, 0.25) is 0 Å². The fraction of sp³-hybridized carbons (Fsp3) is 0.400. The summed E-state index contributed by atoms with van der Waals surface area (Å²) in [6, 6.07) is 10.3. The Morgan fingerprint density at radius 1 is 1.25 bits per heavy atom. The van der Waals surface area contributed by atoms with Crippen LogP contribution in [-0.4, -0.2) is 46.8 Å². The van der Waals surface area contributed by atoms with E-state index in [1.165, 1.54) is 0 Å². The van der Waals surface area contributed by atoms with E-state index >= 15 is 0 Å². The zero-order valence-corrected chi connectivity index (χ0v) is 16.0. The lowest BCUT2D eigenvalue weighted by Crippen LogP contribution is -2.46. The Hall–Kier alpha value is -3.16. The summed E-state index contributed by atoms with van der Waals surface area (Å²) < 4.78 is 6.71. The summed E-state index contributed by atoms with van der Waals surface area (Å²) in [4.78, 5) is 36.2. The normalized spacial score (nSPS) is 14.2. The van der Waals surface area contributed by atoms with Gasteiger partial charge in [0.05, 0.1) is 11.4 Å². The number of hydrogen-bond acceptors (Lipinski definition) is 5. The second-order valence-electron chi connectivity index (χ2n) is 6.74. The number of likely N-dealkylation sites (N-methyl/N-ethyl adjacent to an activating group) is 1. The molecule has 0 spiro atoms. The van der Waals surface area contributed by atoms with Crippen molar-refractivity contribution in [3.05, 3.63) is 47.8 Å². The molecular formula is C20H24N4O4. The van der Waals surface area contributed by atoms with Crippen molar-refractivity contribution >= 4 is 17.8 Å². The van der Waals surface area contributed by atoms with Crippen LogP contribution < -0.4 is 10.6 Å². The zero-order chi connectivity index (χ0) is 20.1. The molecule has 1 heterocycles. The number of nitrogens with zero attached hydrogens (tertiary/aromatic N) is 2. The predicted octanol–water partition coefficient (Wildman–Crippen LogP) is 1.55. The fourth-order valence-electron chi connectivity index (χ4n) is 2.77. The molecule has 0 unspecified atom stereocenters. The van der Waals surface area contributed by atoms with Crippen LogP contribution in [0.25, 0.3) is 5.69 Å². The van der Waals surface area contributed by atoms with E-state index in [9.17, 15) is 14.4 Å². The molecule has 1 aromatic carbocycles. The van der Waals surface area contributed by atoms with Crippen LogP contribution in [0.15, 0.2) is 36.4 Å². The monoisotopic (exact) mass is 384 g/mol. The van der Waals surface area contributed by atoms with Crippen LogP contribution >= 0.6 is 0 Å². The molecule has 0 bridgehead atoms. The smallest absolute Gasteiger partial charge is 0.357 e. The Morgan fingerprint density at radius 2 is 1.96 bits per heavy atom. The first-order chi connectivity index (χ1) is 13.5. The molecule has 0 aliphatic heterocycles. The Morgan fingerprint density at radius 3 is 2.61 bits per heavy atom. The van der Waals surface area contributed by atoms with Gasteiger partial charge in [-0.1, -0.05) is 18.2 Å². The van der Waals surface area contributed by atoms with Crippen molar-refractivity contribution in [1.82, 2.24) is 20.4 Å². The molecule has 1 aromatic heterocycles. The van der Waals surface area contributed by atoms with E-state index in [0.717, 1.165) is 24.2 Å². The van der Waals surface area contributed by atoms with Gasteiger partial charge in [0.2, 0.25) is 5.91 Å². The first kappa shape index (κ1) is 19.6. The third-order valence-corrected chi connectivity index (χ3v) is 4.39. The predicted molar refractivity (Wildman–Crippen MR) is 102 cm³/mol. The molecule has 1 aliphatic carbocycles. The summed E-state index contributed by atoms with van der Waals surface area (Å²) in [5.74, 6) is -1.10. The van der Waals surface area contributed by atoms with Crippen molar-refractivity contribution in [3.63, 3.8) is 0 Å². The van der Waals surface area contributed by atoms with Gasteiger partial charge < -0.3 is 15.4 Å². The molecule has 2 aromatic rings. The molecule has 1 fully saturated rings. The van der Waals surface area contributed by atoms with Gasteiger partial charge >= 0.3 is 5.97 Å². The number of aromatic nitrogens is 2. The van der Waals surface area contributed by atoms with Crippen molar-refractivity contribution in [2.75, 3.05) is 13.2 Å². The molecule has 2 amide bonds. The van der Waals surface area contributed by atoms with E-state index in [0.29, 0.717) is 12.5 Å². The van der Waals surface area contributed by atoms with E-state index in [2.05, 4.69) is 15.7 Å². The second-order valence-corrected chi connectivity index (χ2v) is 6.74. The van der Waals surface area contributed by atoms with Crippen LogP contribution in [-0.2, 0) is 14.3 Å².